The van der Waals surface area contributed by atoms with Gasteiger partial charge in [-0.15, -0.1) is 11.8 Å². The number of hydrogen-bond donors (Lipinski definition) is 2. The molecular formula is C13H20N2O2S. The van der Waals surface area contributed by atoms with Crippen molar-refractivity contribution < 1.29 is 9.90 Å². The van der Waals surface area contributed by atoms with Crippen molar-refractivity contribution in [3.8, 4) is 0 Å². The Hall–Kier alpha value is -1.07. The lowest BCUT2D eigenvalue weighted by molar-refractivity contribution is -0.144. The molecule has 5 heteroatoms. The molecule has 1 rings (SSSR count). The minimum absolute atomic E-state index is 0.215. The number of likely N-dealkylation sites (N-methyl/N-ethyl adjacent to an activating group) is 1. The molecule has 0 radical (unpaired) electrons. The van der Waals surface area contributed by atoms with Gasteiger partial charge >= 0.3 is 5.97 Å². The van der Waals surface area contributed by atoms with E-state index in [0.29, 0.717) is 13.0 Å². The first-order valence-corrected chi connectivity index (χ1v) is 6.91. The van der Waals surface area contributed by atoms with Crippen molar-refractivity contribution >= 4 is 17.7 Å². The van der Waals surface area contributed by atoms with Crippen molar-refractivity contribution in [2.75, 3.05) is 6.54 Å². The first-order chi connectivity index (χ1) is 8.48. The lowest BCUT2D eigenvalue weighted by Gasteiger charge is -2.28. The van der Waals surface area contributed by atoms with Gasteiger partial charge in [0.2, 0.25) is 0 Å². The van der Waals surface area contributed by atoms with E-state index in [1.54, 1.807) is 31.1 Å². The highest BCUT2D eigenvalue weighted by Crippen LogP contribution is 2.28. The summed E-state index contributed by atoms with van der Waals surface area (Å²) in [6, 6.07) is 3.87. The Balaban J connectivity index is 2.62. The monoisotopic (exact) mass is 268 g/mol. The fraction of sp³-hybridized carbons (Fsp3) is 0.538. The number of aliphatic carboxylic acids is 1. The number of carbonyl (C=O) groups is 1. The number of carboxylic acid groups (broad SMARTS) is 1. The van der Waals surface area contributed by atoms with Crippen LogP contribution in [0, 0.1) is 0 Å². The Morgan fingerprint density at radius 3 is 2.67 bits per heavy atom. The molecule has 0 fully saturated rings. The van der Waals surface area contributed by atoms with E-state index in [4.69, 9.17) is 0 Å². The summed E-state index contributed by atoms with van der Waals surface area (Å²) in [7, 11) is 0. The zero-order chi connectivity index (χ0) is 13.6. The Bertz CT molecular complexity index is 386. The molecule has 0 saturated heterocycles. The number of nitrogens with one attached hydrogen (secondary N) is 1. The number of hydrogen-bond acceptors (Lipinski definition) is 4. The number of pyridine rings is 1. The van der Waals surface area contributed by atoms with Gasteiger partial charge in [-0.1, -0.05) is 13.8 Å². The molecule has 1 aromatic rings. The summed E-state index contributed by atoms with van der Waals surface area (Å²) < 4.78 is 0. The summed E-state index contributed by atoms with van der Waals surface area (Å²) in [4.78, 5) is 16.4. The average molecular weight is 268 g/mol. The molecule has 1 heterocycles. The van der Waals surface area contributed by atoms with E-state index < -0.39 is 11.5 Å². The van der Waals surface area contributed by atoms with E-state index in [2.05, 4.69) is 10.3 Å². The van der Waals surface area contributed by atoms with Gasteiger partial charge in [0.05, 0.1) is 0 Å². The standard InChI is InChI=1S/C13H20N2O2S/c1-4-15-13(3,12(16)17)9-10(2)18-11-5-7-14-8-6-11/h5-8,10,15H,4,9H2,1-3H3,(H,16,17). The van der Waals surface area contributed by atoms with Crippen molar-refractivity contribution in [3.63, 3.8) is 0 Å². The van der Waals surface area contributed by atoms with Crippen molar-refractivity contribution in [1.29, 1.82) is 0 Å². The van der Waals surface area contributed by atoms with Crippen LogP contribution in [0.25, 0.3) is 0 Å². The van der Waals surface area contributed by atoms with Crippen LogP contribution in [-0.4, -0.2) is 33.4 Å². The van der Waals surface area contributed by atoms with Gasteiger partial charge in [0.1, 0.15) is 5.54 Å². The smallest absolute Gasteiger partial charge is 0.323 e. The highest BCUT2D eigenvalue weighted by Gasteiger charge is 2.33. The Morgan fingerprint density at radius 1 is 1.56 bits per heavy atom. The Labute approximate surface area is 112 Å². The van der Waals surface area contributed by atoms with Gasteiger partial charge in [-0.25, -0.2) is 0 Å². The van der Waals surface area contributed by atoms with E-state index in [1.165, 1.54) is 0 Å². The molecule has 0 spiro atoms. The van der Waals surface area contributed by atoms with E-state index in [0.717, 1.165) is 4.90 Å². The van der Waals surface area contributed by atoms with Gasteiger partial charge < -0.3 is 10.4 Å². The van der Waals surface area contributed by atoms with E-state index in [9.17, 15) is 9.90 Å². The van der Waals surface area contributed by atoms with Crippen LogP contribution >= 0.6 is 11.8 Å². The van der Waals surface area contributed by atoms with E-state index in [1.807, 2.05) is 26.0 Å². The van der Waals surface area contributed by atoms with Gasteiger partial charge in [-0.05, 0) is 32.0 Å². The number of aromatic nitrogens is 1. The summed E-state index contributed by atoms with van der Waals surface area (Å²) >= 11 is 1.67. The topological polar surface area (TPSA) is 62.2 Å². The minimum atomic E-state index is -0.867. The number of carboxylic acids is 1. The summed E-state index contributed by atoms with van der Waals surface area (Å²) in [5.41, 5.74) is -0.867. The fourth-order valence-corrected chi connectivity index (χ4v) is 3.05. The van der Waals surface area contributed by atoms with Crippen LogP contribution in [0.3, 0.4) is 0 Å². The van der Waals surface area contributed by atoms with Gasteiger partial charge in [-0.2, -0.15) is 0 Å². The highest BCUT2D eigenvalue weighted by molar-refractivity contribution is 7.99. The van der Waals surface area contributed by atoms with Crippen LogP contribution in [0.15, 0.2) is 29.4 Å². The number of thioether (sulfide) groups is 1. The second kappa shape index (κ2) is 6.75. The molecule has 100 valence electrons. The van der Waals surface area contributed by atoms with Crippen LogP contribution in [-0.2, 0) is 4.79 Å². The van der Waals surface area contributed by atoms with Crippen molar-refractivity contribution in [3.05, 3.63) is 24.5 Å². The van der Waals surface area contributed by atoms with Gasteiger partial charge in [0, 0.05) is 22.5 Å². The van der Waals surface area contributed by atoms with Crippen molar-refractivity contribution in [2.45, 2.75) is 42.9 Å². The molecule has 2 unspecified atom stereocenters. The predicted molar refractivity (Wildman–Crippen MR) is 73.9 cm³/mol. The molecule has 0 saturated carbocycles. The van der Waals surface area contributed by atoms with E-state index in [-0.39, 0.29) is 5.25 Å². The first-order valence-electron chi connectivity index (χ1n) is 6.03. The SMILES string of the molecule is CCNC(C)(CC(C)Sc1ccncc1)C(=O)O. The predicted octanol–water partition coefficient (Wildman–Crippen LogP) is 2.41. The molecule has 1 aromatic heterocycles. The van der Waals surface area contributed by atoms with Gasteiger partial charge in [0.25, 0.3) is 0 Å². The molecule has 0 aliphatic rings. The van der Waals surface area contributed by atoms with Crippen LogP contribution in [0.5, 0.6) is 0 Å². The summed E-state index contributed by atoms with van der Waals surface area (Å²) in [5, 5.41) is 12.6. The Morgan fingerprint density at radius 2 is 2.17 bits per heavy atom. The molecule has 0 aromatic carbocycles. The fourth-order valence-electron chi connectivity index (χ4n) is 1.89. The molecule has 4 nitrogen and oxygen atoms in total. The Kier molecular flexibility index (Phi) is 5.62. The lowest BCUT2D eigenvalue weighted by atomic mass is 9.96. The molecule has 2 atom stereocenters. The zero-order valence-corrected chi connectivity index (χ0v) is 11.8. The normalized spacial score (nSPS) is 15.9. The second-order valence-corrected chi connectivity index (χ2v) is 5.99. The summed E-state index contributed by atoms with van der Waals surface area (Å²) in [5.74, 6) is -0.800. The third kappa shape index (κ3) is 4.31. The molecule has 0 bridgehead atoms. The van der Waals surface area contributed by atoms with Crippen molar-refractivity contribution in [1.82, 2.24) is 10.3 Å². The number of nitrogens with zero attached hydrogens (tertiary/aromatic N) is 1. The van der Waals surface area contributed by atoms with Gasteiger partial charge in [-0.3, -0.25) is 9.78 Å². The molecule has 2 N–H and O–H groups in total. The maximum atomic E-state index is 11.3. The van der Waals surface area contributed by atoms with Crippen LogP contribution in [0.2, 0.25) is 0 Å². The maximum absolute atomic E-state index is 11.3. The highest BCUT2D eigenvalue weighted by atomic mass is 32.2. The largest absolute Gasteiger partial charge is 0.480 e. The third-order valence-corrected chi connectivity index (χ3v) is 3.84. The third-order valence-electron chi connectivity index (χ3n) is 2.72. The summed E-state index contributed by atoms with van der Waals surface area (Å²) in [6.45, 7) is 6.35. The molecule has 0 aliphatic carbocycles. The first kappa shape index (κ1) is 15.0. The number of rotatable bonds is 7. The van der Waals surface area contributed by atoms with Crippen LogP contribution in [0.1, 0.15) is 27.2 Å². The quantitative estimate of drug-likeness (QED) is 0.744. The zero-order valence-electron chi connectivity index (χ0n) is 11.0. The molecule has 0 amide bonds. The van der Waals surface area contributed by atoms with Crippen LogP contribution in [0.4, 0.5) is 0 Å². The summed E-state index contributed by atoms with van der Waals surface area (Å²) in [6.07, 6.45) is 4.06. The van der Waals surface area contributed by atoms with Crippen LogP contribution < -0.4 is 5.32 Å². The second-order valence-electron chi connectivity index (χ2n) is 4.48. The lowest BCUT2D eigenvalue weighted by Crippen LogP contribution is -2.50. The average Bonchev–Trinajstić information content (AvgIpc) is 2.30. The minimum Gasteiger partial charge on any atom is -0.480 e. The molecule has 0 aliphatic heterocycles. The van der Waals surface area contributed by atoms with Crippen molar-refractivity contribution in [2.24, 2.45) is 0 Å². The van der Waals surface area contributed by atoms with E-state index >= 15 is 0 Å². The molecular weight excluding hydrogens is 248 g/mol. The molecule has 18 heavy (non-hydrogen) atoms. The van der Waals surface area contributed by atoms with Gasteiger partial charge in [0.15, 0.2) is 0 Å². The maximum Gasteiger partial charge on any atom is 0.323 e.